The minimum absolute atomic E-state index is 0.172. The normalized spacial score (nSPS) is 10.8. The summed E-state index contributed by atoms with van der Waals surface area (Å²) in [6, 6.07) is 0. The van der Waals surface area contributed by atoms with Gasteiger partial charge in [0.1, 0.15) is 4.47 Å². The van der Waals surface area contributed by atoms with E-state index in [0.717, 1.165) is 0 Å². The highest BCUT2D eigenvalue weighted by atomic mass is 79.9. The van der Waals surface area contributed by atoms with Gasteiger partial charge in [-0.2, -0.15) is 5.10 Å². The van der Waals surface area contributed by atoms with Gasteiger partial charge in [0.05, 0.1) is 11.9 Å². The first-order valence-electron chi connectivity index (χ1n) is 4.03. The first-order valence-corrected chi connectivity index (χ1v) is 4.82. The lowest BCUT2D eigenvalue weighted by Gasteiger charge is -2.07. The van der Waals surface area contributed by atoms with E-state index in [9.17, 15) is 4.79 Å². The first kappa shape index (κ1) is 10.2. The lowest BCUT2D eigenvalue weighted by molar-refractivity contribution is 0.463. The summed E-state index contributed by atoms with van der Waals surface area (Å²) in [6.45, 7) is 4.66. The van der Waals surface area contributed by atoms with Crippen molar-refractivity contribution in [2.24, 2.45) is 5.92 Å². The van der Waals surface area contributed by atoms with Crippen molar-refractivity contribution in [3.63, 3.8) is 0 Å². The Bertz CT molecular complexity index is 359. The molecule has 2 N–H and O–H groups in total. The molecule has 0 saturated heterocycles. The fraction of sp³-hybridized carbons (Fsp3) is 0.500. The van der Waals surface area contributed by atoms with E-state index in [1.165, 1.54) is 10.9 Å². The molecule has 0 spiro atoms. The van der Waals surface area contributed by atoms with Gasteiger partial charge in [-0.05, 0) is 21.8 Å². The molecule has 1 rings (SSSR count). The molecule has 13 heavy (non-hydrogen) atoms. The van der Waals surface area contributed by atoms with Crippen LogP contribution in [0.25, 0.3) is 0 Å². The summed E-state index contributed by atoms with van der Waals surface area (Å²) in [5.74, 6) is 0.390. The van der Waals surface area contributed by atoms with Crippen LogP contribution in [0, 0.1) is 5.92 Å². The summed E-state index contributed by atoms with van der Waals surface area (Å²) in [5, 5.41) is 3.93. The molecule has 0 fully saturated rings. The molecule has 0 aliphatic carbocycles. The van der Waals surface area contributed by atoms with Gasteiger partial charge in [-0.15, -0.1) is 0 Å². The SMILES string of the molecule is CC(C)Cn1ncc(N)c(Br)c1=O. The minimum atomic E-state index is -0.172. The van der Waals surface area contributed by atoms with Gasteiger partial charge in [-0.25, -0.2) is 4.68 Å². The molecule has 0 saturated carbocycles. The zero-order valence-corrected chi connectivity index (χ0v) is 9.21. The first-order chi connectivity index (χ1) is 6.02. The summed E-state index contributed by atoms with van der Waals surface area (Å²) in [7, 11) is 0. The zero-order valence-electron chi connectivity index (χ0n) is 7.62. The second kappa shape index (κ2) is 3.91. The smallest absolute Gasteiger partial charge is 0.283 e. The zero-order chi connectivity index (χ0) is 10.0. The van der Waals surface area contributed by atoms with Crippen LogP contribution < -0.4 is 11.3 Å². The second-order valence-corrected chi connectivity index (χ2v) is 4.09. The highest BCUT2D eigenvalue weighted by Gasteiger charge is 2.06. The lowest BCUT2D eigenvalue weighted by Crippen LogP contribution is -2.26. The molecule has 0 aromatic carbocycles. The summed E-state index contributed by atoms with van der Waals surface area (Å²) in [4.78, 5) is 11.5. The molecule has 0 aliphatic rings. The molecule has 1 heterocycles. The van der Waals surface area contributed by atoms with Crippen LogP contribution in [0.4, 0.5) is 5.69 Å². The summed E-state index contributed by atoms with van der Waals surface area (Å²) < 4.78 is 1.80. The van der Waals surface area contributed by atoms with Gasteiger partial charge < -0.3 is 5.73 Å². The van der Waals surface area contributed by atoms with Crippen LogP contribution in [0.3, 0.4) is 0 Å². The van der Waals surface area contributed by atoms with E-state index in [1.807, 2.05) is 13.8 Å². The number of hydrogen-bond acceptors (Lipinski definition) is 3. The average molecular weight is 246 g/mol. The molecule has 0 unspecified atom stereocenters. The standard InChI is InChI=1S/C8H12BrN3O/c1-5(2)4-12-8(13)7(9)6(10)3-11-12/h3,5H,4,10H2,1-2H3. The predicted octanol–water partition coefficient (Wildman–Crippen LogP) is 1.24. The van der Waals surface area contributed by atoms with Crippen molar-refractivity contribution in [2.75, 3.05) is 5.73 Å². The molecular weight excluding hydrogens is 234 g/mol. The van der Waals surface area contributed by atoms with Gasteiger partial charge >= 0.3 is 0 Å². The van der Waals surface area contributed by atoms with Gasteiger partial charge in [0.15, 0.2) is 0 Å². The van der Waals surface area contributed by atoms with E-state index in [0.29, 0.717) is 22.6 Å². The molecular formula is C8H12BrN3O. The maximum absolute atomic E-state index is 11.5. The van der Waals surface area contributed by atoms with Crippen molar-refractivity contribution in [3.05, 3.63) is 21.0 Å². The van der Waals surface area contributed by atoms with Gasteiger partial charge in [-0.1, -0.05) is 13.8 Å². The van der Waals surface area contributed by atoms with Crippen LogP contribution in [-0.4, -0.2) is 9.78 Å². The lowest BCUT2D eigenvalue weighted by atomic mass is 10.2. The molecule has 0 radical (unpaired) electrons. The topological polar surface area (TPSA) is 60.9 Å². The van der Waals surface area contributed by atoms with E-state index in [1.54, 1.807) is 0 Å². The number of hydrogen-bond donors (Lipinski definition) is 1. The highest BCUT2D eigenvalue weighted by molar-refractivity contribution is 9.10. The van der Waals surface area contributed by atoms with Crippen molar-refractivity contribution in [1.82, 2.24) is 9.78 Å². The predicted molar refractivity (Wildman–Crippen MR) is 55.4 cm³/mol. The number of rotatable bonds is 2. The number of nitrogens with two attached hydrogens (primary N) is 1. The van der Waals surface area contributed by atoms with Gasteiger partial charge in [0.25, 0.3) is 5.56 Å². The van der Waals surface area contributed by atoms with Crippen molar-refractivity contribution < 1.29 is 0 Å². The van der Waals surface area contributed by atoms with E-state index in [-0.39, 0.29) is 5.56 Å². The summed E-state index contributed by atoms with van der Waals surface area (Å²) in [6.07, 6.45) is 1.48. The number of aromatic nitrogens is 2. The Balaban J connectivity index is 3.12. The van der Waals surface area contributed by atoms with Gasteiger partial charge in [0.2, 0.25) is 0 Å². The van der Waals surface area contributed by atoms with E-state index < -0.39 is 0 Å². The third-order valence-corrected chi connectivity index (χ3v) is 2.35. The van der Waals surface area contributed by atoms with Gasteiger partial charge in [-0.3, -0.25) is 4.79 Å². The van der Waals surface area contributed by atoms with Crippen molar-refractivity contribution in [1.29, 1.82) is 0 Å². The van der Waals surface area contributed by atoms with Crippen molar-refractivity contribution >= 4 is 21.6 Å². The van der Waals surface area contributed by atoms with Crippen LogP contribution >= 0.6 is 15.9 Å². The number of nitrogens with zero attached hydrogens (tertiary/aromatic N) is 2. The highest BCUT2D eigenvalue weighted by Crippen LogP contribution is 2.11. The molecule has 1 aromatic rings. The second-order valence-electron chi connectivity index (χ2n) is 3.30. The van der Waals surface area contributed by atoms with Gasteiger partial charge in [0, 0.05) is 6.54 Å². The Kier molecular flexibility index (Phi) is 3.08. The fourth-order valence-corrected chi connectivity index (χ4v) is 1.26. The summed E-state index contributed by atoms with van der Waals surface area (Å²) >= 11 is 3.12. The van der Waals surface area contributed by atoms with Crippen LogP contribution in [0.5, 0.6) is 0 Å². The number of anilines is 1. The maximum atomic E-state index is 11.5. The third kappa shape index (κ3) is 2.30. The largest absolute Gasteiger partial charge is 0.396 e. The monoisotopic (exact) mass is 245 g/mol. The molecule has 5 heteroatoms. The molecule has 0 amide bonds. The van der Waals surface area contributed by atoms with E-state index >= 15 is 0 Å². The molecule has 0 aliphatic heterocycles. The minimum Gasteiger partial charge on any atom is -0.396 e. The van der Waals surface area contributed by atoms with Crippen molar-refractivity contribution in [2.45, 2.75) is 20.4 Å². The molecule has 0 bridgehead atoms. The Morgan fingerprint density at radius 2 is 2.31 bits per heavy atom. The number of nitrogen functional groups attached to an aromatic ring is 1. The quantitative estimate of drug-likeness (QED) is 0.854. The Hall–Kier alpha value is -0.840. The fourth-order valence-electron chi connectivity index (χ4n) is 0.954. The van der Waals surface area contributed by atoms with Crippen LogP contribution in [-0.2, 0) is 6.54 Å². The van der Waals surface area contributed by atoms with Crippen LogP contribution in [0.15, 0.2) is 15.5 Å². The molecule has 1 aromatic heterocycles. The van der Waals surface area contributed by atoms with Crippen LogP contribution in [0.2, 0.25) is 0 Å². The maximum Gasteiger partial charge on any atom is 0.283 e. The third-order valence-electron chi connectivity index (χ3n) is 1.55. The molecule has 72 valence electrons. The molecule has 4 nitrogen and oxygen atoms in total. The Morgan fingerprint density at radius 3 is 2.85 bits per heavy atom. The van der Waals surface area contributed by atoms with E-state index in [2.05, 4.69) is 21.0 Å². The number of halogens is 1. The molecule has 0 atom stereocenters. The van der Waals surface area contributed by atoms with Crippen molar-refractivity contribution in [3.8, 4) is 0 Å². The van der Waals surface area contributed by atoms with Crippen LogP contribution in [0.1, 0.15) is 13.8 Å². The Labute approximate surface area is 84.9 Å². The summed E-state index contributed by atoms with van der Waals surface area (Å²) in [5.41, 5.74) is 5.70. The van der Waals surface area contributed by atoms with E-state index in [4.69, 9.17) is 5.73 Å². The average Bonchev–Trinajstić information content (AvgIpc) is 2.06. The Morgan fingerprint density at radius 1 is 1.69 bits per heavy atom.